The second kappa shape index (κ2) is 9.01. The molecule has 1 aliphatic carbocycles. The molecule has 2 atom stereocenters. The van der Waals surface area contributed by atoms with Crippen LogP contribution >= 0.6 is 11.6 Å². The van der Waals surface area contributed by atoms with Gasteiger partial charge in [-0.3, -0.25) is 9.59 Å². The lowest BCUT2D eigenvalue weighted by atomic mass is 9.90. The molecule has 1 aromatic heterocycles. The molecule has 0 bridgehead atoms. The van der Waals surface area contributed by atoms with Crippen LogP contribution in [0.1, 0.15) is 36.2 Å². The number of hydrogen-bond acceptors (Lipinski definition) is 4. The lowest BCUT2D eigenvalue weighted by molar-refractivity contribution is -0.0755. The minimum Gasteiger partial charge on any atom is -0.490 e. The van der Waals surface area contributed by atoms with E-state index in [9.17, 15) is 9.59 Å². The zero-order valence-electron chi connectivity index (χ0n) is 16.3. The molecule has 4 rings (SSSR count). The van der Waals surface area contributed by atoms with Gasteiger partial charge in [0.1, 0.15) is 18.1 Å². The summed E-state index contributed by atoms with van der Waals surface area (Å²) in [6.45, 7) is 1.60. The van der Waals surface area contributed by atoms with Gasteiger partial charge < -0.3 is 18.9 Å². The van der Waals surface area contributed by atoms with Crippen molar-refractivity contribution in [3.63, 3.8) is 0 Å². The first-order valence-electron chi connectivity index (χ1n) is 10.1. The van der Waals surface area contributed by atoms with Gasteiger partial charge in [-0.25, -0.2) is 0 Å². The first-order chi connectivity index (χ1) is 14.1. The Morgan fingerprint density at radius 2 is 1.97 bits per heavy atom. The lowest BCUT2D eigenvalue weighted by Crippen LogP contribution is -2.55. The fourth-order valence-corrected chi connectivity index (χ4v) is 4.43. The molecule has 154 valence electrons. The van der Waals surface area contributed by atoms with Crippen LogP contribution in [0, 0.1) is 0 Å². The molecule has 1 aromatic carbocycles. The number of halogens is 1. The number of hydrogen-bond donors (Lipinski definition) is 0. The van der Waals surface area contributed by atoms with Crippen molar-refractivity contribution < 1.29 is 14.3 Å². The molecule has 2 fully saturated rings. The number of nitrogens with zero attached hydrogens (tertiary/aromatic N) is 2. The Morgan fingerprint density at radius 1 is 1.14 bits per heavy atom. The van der Waals surface area contributed by atoms with Crippen LogP contribution in [0.25, 0.3) is 0 Å². The third-order valence-corrected chi connectivity index (χ3v) is 5.98. The van der Waals surface area contributed by atoms with Crippen molar-refractivity contribution in [2.24, 2.45) is 0 Å². The molecule has 2 aromatic rings. The maximum Gasteiger partial charge on any atom is 0.271 e. The topological polar surface area (TPSA) is 60.8 Å². The van der Waals surface area contributed by atoms with E-state index in [1.807, 2.05) is 17.0 Å². The van der Waals surface area contributed by atoms with Crippen LogP contribution in [0.3, 0.4) is 0 Å². The van der Waals surface area contributed by atoms with Gasteiger partial charge in [-0.05, 0) is 31.0 Å². The maximum atomic E-state index is 13.4. The minimum absolute atomic E-state index is 0.0909. The summed E-state index contributed by atoms with van der Waals surface area (Å²) in [6, 6.07) is 12.1. The van der Waals surface area contributed by atoms with E-state index in [2.05, 4.69) is 0 Å². The van der Waals surface area contributed by atoms with Crippen LogP contribution in [0.5, 0.6) is 5.75 Å². The van der Waals surface area contributed by atoms with Gasteiger partial charge in [-0.1, -0.05) is 42.6 Å². The lowest BCUT2D eigenvalue weighted by Gasteiger charge is -2.43. The number of fused-ring (bicyclic) bond motifs is 1. The number of aromatic nitrogens is 1. The second-order valence-corrected chi connectivity index (χ2v) is 7.85. The van der Waals surface area contributed by atoms with E-state index >= 15 is 0 Å². The zero-order valence-corrected chi connectivity index (χ0v) is 17.0. The first-order valence-corrected chi connectivity index (χ1v) is 10.5. The highest BCUT2D eigenvalue weighted by Gasteiger charge is 2.37. The summed E-state index contributed by atoms with van der Waals surface area (Å²) in [7, 11) is 0. The number of ether oxygens (including phenoxy) is 2. The Hall–Kier alpha value is -2.31. The predicted molar refractivity (Wildman–Crippen MR) is 111 cm³/mol. The molecule has 7 heteroatoms. The van der Waals surface area contributed by atoms with E-state index in [0.717, 1.165) is 25.7 Å². The maximum absolute atomic E-state index is 13.4. The highest BCUT2D eigenvalue weighted by atomic mass is 35.5. The Labute approximate surface area is 175 Å². The van der Waals surface area contributed by atoms with Gasteiger partial charge >= 0.3 is 0 Å². The number of benzene rings is 1. The van der Waals surface area contributed by atoms with E-state index < -0.39 is 0 Å². The van der Waals surface area contributed by atoms with Crippen molar-refractivity contribution in [1.29, 1.82) is 0 Å². The Balaban J connectivity index is 1.52. The number of rotatable bonds is 5. The van der Waals surface area contributed by atoms with Gasteiger partial charge in [0.05, 0.1) is 30.3 Å². The molecular formula is C22H25ClN2O4. The van der Waals surface area contributed by atoms with Gasteiger partial charge in [0.25, 0.3) is 11.5 Å². The molecule has 1 saturated carbocycles. The fraction of sp³-hybridized carbons (Fsp3) is 0.455. The fourth-order valence-electron chi connectivity index (χ4n) is 4.24. The molecular weight excluding hydrogens is 392 g/mol. The van der Waals surface area contributed by atoms with Crippen LogP contribution in [-0.4, -0.2) is 47.3 Å². The number of carbonyl (C=O) groups excluding carboxylic acids is 1. The molecule has 0 radical (unpaired) electrons. The molecule has 6 nitrogen and oxygen atoms in total. The molecule has 0 unspecified atom stereocenters. The van der Waals surface area contributed by atoms with Crippen molar-refractivity contribution in [2.75, 3.05) is 19.8 Å². The summed E-state index contributed by atoms with van der Waals surface area (Å²) in [4.78, 5) is 27.8. The van der Waals surface area contributed by atoms with Gasteiger partial charge in [0, 0.05) is 12.6 Å². The summed E-state index contributed by atoms with van der Waals surface area (Å²) in [6.07, 6.45) is 4.28. The molecule has 0 spiro atoms. The van der Waals surface area contributed by atoms with E-state index in [4.69, 9.17) is 21.1 Å². The van der Waals surface area contributed by atoms with E-state index in [-0.39, 0.29) is 36.8 Å². The largest absolute Gasteiger partial charge is 0.490 e. The van der Waals surface area contributed by atoms with Gasteiger partial charge in [0.2, 0.25) is 0 Å². The normalized spacial score (nSPS) is 21.5. The third kappa shape index (κ3) is 4.33. The smallest absolute Gasteiger partial charge is 0.271 e. The van der Waals surface area contributed by atoms with Gasteiger partial charge in [-0.2, -0.15) is 0 Å². The molecule has 1 saturated heterocycles. The van der Waals surface area contributed by atoms with Crippen molar-refractivity contribution in [3.05, 3.63) is 63.5 Å². The van der Waals surface area contributed by atoms with Crippen molar-refractivity contribution in [3.8, 4) is 5.75 Å². The summed E-state index contributed by atoms with van der Waals surface area (Å²) < 4.78 is 13.1. The summed E-state index contributed by atoms with van der Waals surface area (Å²) in [5.74, 6) is 0.449. The molecule has 1 amide bonds. The Morgan fingerprint density at radius 3 is 2.83 bits per heavy atom. The first kappa shape index (κ1) is 20.0. The Kier molecular flexibility index (Phi) is 6.21. The van der Waals surface area contributed by atoms with E-state index in [1.54, 1.807) is 24.3 Å². The standard InChI is InChI=1S/C22H25ClN2O4/c23-16-6-1-3-9-19(16)28-14-12-24-18(8-5-11-21(24)26)22(27)25-13-15-29-20-10-4-2-7-17(20)25/h1,3,5-6,8-9,11,17,20H,2,4,7,10,12-15H2/t17-,20+/m0/s1. The van der Waals surface area contributed by atoms with Crippen LogP contribution in [0.2, 0.25) is 5.02 Å². The SMILES string of the molecule is O=C(c1cccc(=O)n1CCOc1ccccc1Cl)N1CCO[C@@H]2CCCC[C@@H]21. The average Bonchev–Trinajstić information content (AvgIpc) is 2.75. The van der Waals surface area contributed by atoms with Gasteiger partial charge in [-0.15, -0.1) is 0 Å². The third-order valence-electron chi connectivity index (χ3n) is 5.67. The predicted octanol–water partition coefficient (Wildman–Crippen LogP) is 3.36. The highest BCUT2D eigenvalue weighted by Crippen LogP contribution is 2.29. The van der Waals surface area contributed by atoms with Crippen molar-refractivity contribution >= 4 is 17.5 Å². The summed E-state index contributed by atoms with van der Waals surface area (Å²) in [5, 5.41) is 0.515. The van der Waals surface area contributed by atoms with Crippen molar-refractivity contribution in [2.45, 2.75) is 44.4 Å². The molecule has 29 heavy (non-hydrogen) atoms. The average molecular weight is 417 g/mol. The quantitative estimate of drug-likeness (QED) is 0.749. The van der Waals surface area contributed by atoms with Crippen LogP contribution in [-0.2, 0) is 11.3 Å². The van der Waals surface area contributed by atoms with Crippen molar-refractivity contribution in [1.82, 2.24) is 9.47 Å². The molecule has 1 aliphatic heterocycles. The zero-order chi connectivity index (χ0) is 20.2. The van der Waals surface area contributed by atoms with E-state index in [0.29, 0.717) is 29.6 Å². The number of morpholine rings is 1. The highest BCUT2D eigenvalue weighted by molar-refractivity contribution is 6.32. The second-order valence-electron chi connectivity index (χ2n) is 7.44. The van der Waals surface area contributed by atoms with Crippen LogP contribution < -0.4 is 10.3 Å². The Bertz CT molecular complexity index is 927. The molecule has 2 heterocycles. The van der Waals surface area contributed by atoms with Gasteiger partial charge in [0.15, 0.2) is 0 Å². The number of amides is 1. The molecule has 0 N–H and O–H groups in total. The number of carbonyl (C=O) groups is 1. The van der Waals surface area contributed by atoms with E-state index in [1.165, 1.54) is 10.6 Å². The molecule has 2 aliphatic rings. The monoisotopic (exact) mass is 416 g/mol. The minimum atomic E-state index is -0.216. The summed E-state index contributed by atoms with van der Waals surface area (Å²) >= 11 is 6.12. The van der Waals surface area contributed by atoms with Crippen LogP contribution in [0.4, 0.5) is 0 Å². The summed E-state index contributed by atoms with van der Waals surface area (Å²) in [5.41, 5.74) is 0.179. The number of para-hydroxylation sites is 1. The van der Waals surface area contributed by atoms with Crippen LogP contribution in [0.15, 0.2) is 47.3 Å². The number of pyridine rings is 1.